The van der Waals surface area contributed by atoms with Crippen molar-refractivity contribution >= 4 is 34.5 Å². The zero-order valence-corrected chi connectivity index (χ0v) is 20.9. The standard InChI is InChI=1S/C29H23NO6S/c1-34-22-15-10-18(17-23(22)35-2)27(31)25-26(24-9-6-16-37-24)30(29(33)28(25)32)19-11-13-21(14-12-19)36-20-7-4-3-5-8-20/h3-17,26,31H,1-2H3/b27-25-. The second kappa shape index (κ2) is 10.2. The van der Waals surface area contributed by atoms with Gasteiger partial charge in [0, 0.05) is 16.1 Å². The number of methoxy groups -OCH3 is 2. The number of ketones is 1. The van der Waals surface area contributed by atoms with E-state index in [1.807, 2.05) is 47.8 Å². The van der Waals surface area contributed by atoms with Gasteiger partial charge < -0.3 is 19.3 Å². The number of benzene rings is 3. The smallest absolute Gasteiger partial charge is 0.300 e. The third kappa shape index (κ3) is 4.54. The number of thiophene rings is 1. The highest BCUT2D eigenvalue weighted by Gasteiger charge is 2.47. The maximum Gasteiger partial charge on any atom is 0.300 e. The minimum Gasteiger partial charge on any atom is -0.507 e. The number of hydrogen-bond acceptors (Lipinski definition) is 7. The molecule has 186 valence electrons. The molecular weight excluding hydrogens is 490 g/mol. The number of rotatable bonds is 7. The van der Waals surface area contributed by atoms with Crippen LogP contribution in [0, 0.1) is 0 Å². The highest BCUT2D eigenvalue weighted by molar-refractivity contribution is 7.10. The highest BCUT2D eigenvalue weighted by Crippen LogP contribution is 2.44. The van der Waals surface area contributed by atoms with Crippen LogP contribution in [0.15, 0.2) is 95.9 Å². The summed E-state index contributed by atoms with van der Waals surface area (Å²) in [6, 6.07) is 24.0. The van der Waals surface area contributed by atoms with Gasteiger partial charge in [-0.05, 0) is 66.0 Å². The van der Waals surface area contributed by atoms with E-state index in [0.717, 1.165) is 4.88 Å². The lowest BCUT2D eigenvalue weighted by Gasteiger charge is -2.24. The molecule has 1 unspecified atom stereocenters. The van der Waals surface area contributed by atoms with E-state index in [1.165, 1.54) is 30.5 Å². The van der Waals surface area contributed by atoms with Gasteiger partial charge in [0.05, 0.1) is 19.8 Å². The fourth-order valence-corrected chi connectivity index (χ4v) is 5.08. The summed E-state index contributed by atoms with van der Waals surface area (Å²) in [6.45, 7) is 0. The molecule has 0 radical (unpaired) electrons. The van der Waals surface area contributed by atoms with Crippen LogP contribution < -0.4 is 19.1 Å². The predicted octanol–water partition coefficient (Wildman–Crippen LogP) is 6.18. The average molecular weight is 514 g/mol. The summed E-state index contributed by atoms with van der Waals surface area (Å²) < 4.78 is 16.5. The second-order valence-corrected chi connectivity index (χ2v) is 9.14. The molecule has 0 saturated carbocycles. The van der Waals surface area contributed by atoms with Gasteiger partial charge in [-0.3, -0.25) is 14.5 Å². The molecule has 0 spiro atoms. The van der Waals surface area contributed by atoms with E-state index in [0.29, 0.717) is 34.2 Å². The van der Waals surface area contributed by atoms with E-state index in [9.17, 15) is 14.7 Å². The molecule has 2 heterocycles. The van der Waals surface area contributed by atoms with Gasteiger partial charge in [-0.2, -0.15) is 0 Å². The molecule has 1 saturated heterocycles. The molecule has 5 rings (SSSR count). The van der Waals surface area contributed by atoms with Crippen molar-refractivity contribution in [1.82, 2.24) is 0 Å². The summed E-state index contributed by atoms with van der Waals surface area (Å²) in [6.07, 6.45) is 0. The van der Waals surface area contributed by atoms with Crippen molar-refractivity contribution in [2.45, 2.75) is 6.04 Å². The van der Waals surface area contributed by atoms with E-state index in [4.69, 9.17) is 14.2 Å². The van der Waals surface area contributed by atoms with Crippen molar-refractivity contribution in [2.75, 3.05) is 19.1 Å². The number of carbonyl (C=O) groups excluding carboxylic acids is 2. The molecule has 1 aliphatic rings. The van der Waals surface area contributed by atoms with Crippen molar-refractivity contribution in [2.24, 2.45) is 0 Å². The molecule has 37 heavy (non-hydrogen) atoms. The lowest BCUT2D eigenvalue weighted by molar-refractivity contribution is -0.132. The van der Waals surface area contributed by atoms with Crippen LogP contribution in [0.4, 0.5) is 5.69 Å². The molecule has 0 bridgehead atoms. The number of anilines is 1. The number of para-hydroxylation sites is 1. The molecule has 1 aliphatic heterocycles. The predicted molar refractivity (Wildman–Crippen MR) is 142 cm³/mol. The van der Waals surface area contributed by atoms with Crippen LogP contribution in [0.25, 0.3) is 5.76 Å². The van der Waals surface area contributed by atoms with E-state index >= 15 is 0 Å². The van der Waals surface area contributed by atoms with Crippen LogP contribution >= 0.6 is 11.3 Å². The first-order valence-corrected chi connectivity index (χ1v) is 12.3. The fraction of sp³-hybridized carbons (Fsp3) is 0.103. The van der Waals surface area contributed by atoms with E-state index in [-0.39, 0.29) is 11.3 Å². The Labute approximate surface area is 217 Å². The summed E-state index contributed by atoms with van der Waals surface area (Å²) in [5.74, 6) is 0.361. The zero-order valence-electron chi connectivity index (χ0n) is 20.1. The average Bonchev–Trinajstić information content (AvgIpc) is 3.56. The third-order valence-electron chi connectivity index (χ3n) is 6.01. The molecular formula is C29H23NO6S. The molecule has 0 aliphatic carbocycles. The minimum atomic E-state index is -0.797. The number of amides is 1. The Morgan fingerprint density at radius 1 is 0.838 bits per heavy atom. The van der Waals surface area contributed by atoms with Crippen molar-refractivity contribution in [3.8, 4) is 23.0 Å². The first kappa shape index (κ1) is 24.1. The third-order valence-corrected chi connectivity index (χ3v) is 6.93. The van der Waals surface area contributed by atoms with Crippen molar-refractivity contribution < 1.29 is 28.9 Å². The number of hydrogen-bond donors (Lipinski definition) is 1. The molecule has 3 aromatic carbocycles. The fourth-order valence-electron chi connectivity index (χ4n) is 4.25. The van der Waals surface area contributed by atoms with Gasteiger partial charge in [-0.25, -0.2) is 0 Å². The largest absolute Gasteiger partial charge is 0.507 e. The van der Waals surface area contributed by atoms with E-state index in [2.05, 4.69) is 0 Å². The van der Waals surface area contributed by atoms with E-state index < -0.39 is 17.7 Å². The molecule has 4 aromatic rings. The van der Waals surface area contributed by atoms with Crippen molar-refractivity contribution in [3.05, 3.63) is 106 Å². The maximum atomic E-state index is 13.3. The quantitative estimate of drug-likeness (QED) is 0.180. The summed E-state index contributed by atoms with van der Waals surface area (Å²) in [4.78, 5) is 28.8. The molecule has 1 fully saturated rings. The van der Waals surface area contributed by atoms with Gasteiger partial charge in [-0.1, -0.05) is 24.3 Å². The van der Waals surface area contributed by atoms with Gasteiger partial charge in [0.25, 0.3) is 11.7 Å². The SMILES string of the molecule is COc1ccc(/C(O)=C2/C(=O)C(=O)N(c3ccc(Oc4ccccc4)cc3)C2c2cccs2)cc1OC. The van der Waals surface area contributed by atoms with Gasteiger partial charge >= 0.3 is 0 Å². The van der Waals surface area contributed by atoms with Crippen molar-refractivity contribution in [1.29, 1.82) is 0 Å². The van der Waals surface area contributed by atoms with Gasteiger partial charge in [0.15, 0.2) is 11.5 Å². The van der Waals surface area contributed by atoms with Crippen LogP contribution in [0.1, 0.15) is 16.5 Å². The molecule has 1 amide bonds. The van der Waals surface area contributed by atoms with Crippen LogP contribution in [0.3, 0.4) is 0 Å². The molecule has 1 aromatic heterocycles. The Morgan fingerprint density at radius 3 is 2.19 bits per heavy atom. The molecule has 7 nitrogen and oxygen atoms in total. The summed E-state index contributed by atoms with van der Waals surface area (Å²) >= 11 is 1.40. The minimum absolute atomic E-state index is 0.00396. The van der Waals surface area contributed by atoms with Gasteiger partial charge in [0.1, 0.15) is 23.3 Å². The summed E-state index contributed by atoms with van der Waals surface area (Å²) in [5.41, 5.74) is 0.848. The Balaban J connectivity index is 1.56. The van der Waals surface area contributed by atoms with Crippen molar-refractivity contribution in [3.63, 3.8) is 0 Å². The summed E-state index contributed by atoms with van der Waals surface area (Å²) in [7, 11) is 2.99. The summed E-state index contributed by atoms with van der Waals surface area (Å²) in [5, 5.41) is 13.2. The number of aliphatic hydroxyl groups excluding tert-OH is 1. The Hall–Kier alpha value is -4.56. The zero-order chi connectivity index (χ0) is 25.9. The van der Waals surface area contributed by atoms with Crippen LogP contribution in [0.5, 0.6) is 23.0 Å². The number of aliphatic hydroxyl groups is 1. The molecule has 8 heteroatoms. The second-order valence-electron chi connectivity index (χ2n) is 8.16. The topological polar surface area (TPSA) is 85.3 Å². The van der Waals surface area contributed by atoms with Gasteiger partial charge in [0.2, 0.25) is 0 Å². The Kier molecular flexibility index (Phi) is 6.66. The lowest BCUT2D eigenvalue weighted by Crippen LogP contribution is -2.29. The van der Waals surface area contributed by atoms with Crippen LogP contribution in [0.2, 0.25) is 0 Å². The monoisotopic (exact) mass is 513 g/mol. The van der Waals surface area contributed by atoms with Crippen LogP contribution in [-0.4, -0.2) is 31.0 Å². The Morgan fingerprint density at radius 2 is 1.54 bits per heavy atom. The first-order chi connectivity index (χ1) is 18.0. The normalized spacial score (nSPS) is 16.6. The van der Waals surface area contributed by atoms with Gasteiger partial charge in [-0.15, -0.1) is 11.3 Å². The molecule has 1 atom stereocenters. The maximum absolute atomic E-state index is 13.3. The number of carbonyl (C=O) groups is 2. The molecule has 1 N–H and O–H groups in total. The van der Waals surface area contributed by atoms with E-state index in [1.54, 1.807) is 42.5 Å². The number of Topliss-reactive ketones (excluding diaryl/α,β-unsaturated/α-hetero) is 1. The Bertz CT molecular complexity index is 1460. The lowest BCUT2D eigenvalue weighted by atomic mass is 9.99. The van der Waals surface area contributed by atoms with Crippen LogP contribution in [-0.2, 0) is 9.59 Å². The number of ether oxygens (including phenoxy) is 3. The number of nitrogens with zero attached hydrogens (tertiary/aromatic N) is 1. The first-order valence-electron chi connectivity index (χ1n) is 11.4. The highest BCUT2D eigenvalue weighted by atomic mass is 32.1.